The molecule has 0 bridgehead atoms. The van der Waals surface area contributed by atoms with E-state index in [1.54, 1.807) is 59.6 Å². The maximum Gasteiger partial charge on any atom is 0.435 e. The summed E-state index contributed by atoms with van der Waals surface area (Å²) in [5, 5.41) is 7.12. The van der Waals surface area contributed by atoms with Crippen molar-refractivity contribution in [3.63, 3.8) is 0 Å². The summed E-state index contributed by atoms with van der Waals surface area (Å²) in [5.74, 6) is -0.874. The van der Waals surface area contributed by atoms with Gasteiger partial charge in [0.15, 0.2) is 5.69 Å². The number of amides is 1. The molecule has 4 heterocycles. The molecule has 0 atom stereocenters. The monoisotopic (exact) mass is 520 g/mol. The lowest BCUT2D eigenvalue weighted by molar-refractivity contribution is -0.141. The van der Waals surface area contributed by atoms with Crippen LogP contribution in [0.4, 0.5) is 13.2 Å². The first-order valence-corrected chi connectivity index (χ1v) is 11.8. The van der Waals surface area contributed by atoms with Crippen LogP contribution in [0.15, 0.2) is 78.1 Å². The molecule has 0 saturated heterocycles. The molecule has 11 heteroatoms. The van der Waals surface area contributed by atoms with Gasteiger partial charge in [-0.15, -0.1) is 0 Å². The number of hydrogen-bond donors (Lipinski definition) is 2. The highest BCUT2D eigenvalue weighted by Crippen LogP contribution is 2.31. The third-order valence-corrected chi connectivity index (χ3v) is 6.29. The molecule has 0 unspecified atom stereocenters. The average Bonchev–Trinajstić information content (AvgIpc) is 3.54. The minimum Gasteiger partial charge on any atom is -0.348 e. The van der Waals surface area contributed by atoms with Crippen molar-refractivity contribution in [3.8, 4) is 0 Å². The SMILES string of the molecule is Cc1c(CNC(=O)c2cn(Cc3ccc(Cn4ccccc4=O)cc3)nc2C(F)(F)F)cnc2[nH]ccc12. The molecular formula is C27H23F3N6O2. The van der Waals surface area contributed by atoms with Crippen LogP contribution < -0.4 is 10.9 Å². The molecule has 4 aromatic heterocycles. The van der Waals surface area contributed by atoms with E-state index in [0.717, 1.165) is 27.4 Å². The summed E-state index contributed by atoms with van der Waals surface area (Å²) in [4.78, 5) is 32.0. The second-order valence-electron chi connectivity index (χ2n) is 8.90. The number of aromatic amines is 1. The van der Waals surface area contributed by atoms with Gasteiger partial charge in [-0.1, -0.05) is 30.3 Å². The molecule has 1 aromatic carbocycles. The molecule has 194 valence electrons. The highest BCUT2D eigenvalue weighted by molar-refractivity contribution is 5.95. The van der Waals surface area contributed by atoms with E-state index in [4.69, 9.17) is 0 Å². The molecule has 2 N–H and O–H groups in total. The van der Waals surface area contributed by atoms with Crippen LogP contribution >= 0.6 is 0 Å². The Hall–Kier alpha value is -4.67. The molecule has 5 aromatic rings. The number of benzene rings is 1. The quantitative estimate of drug-likeness (QED) is 0.335. The first-order chi connectivity index (χ1) is 18.2. The number of alkyl halides is 3. The number of rotatable bonds is 7. The summed E-state index contributed by atoms with van der Waals surface area (Å²) < 4.78 is 43.8. The van der Waals surface area contributed by atoms with Crippen LogP contribution in [0.1, 0.15) is 38.3 Å². The van der Waals surface area contributed by atoms with Crippen molar-refractivity contribution in [2.24, 2.45) is 0 Å². The standard InChI is InChI=1S/C27H23F3N6O2/c1-17-20(12-32-25-21(17)9-10-31-25)13-33-26(38)22-16-36(34-24(22)27(28,29)30)15-19-7-5-18(6-8-19)14-35-11-3-2-4-23(35)37/h2-12,16H,13-15H2,1H3,(H,31,32)(H,33,38). The Bertz CT molecular complexity index is 1660. The molecule has 0 aliphatic carbocycles. The number of hydrogen-bond acceptors (Lipinski definition) is 4. The number of nitrogens with one attached hydrogen (secondary N) is 2. The van der Waals surface area contributed by atoms with Crippen LogP contribution in [0.3, 0.4) is 0 Å². The van der Waals surface area contributed by atoms with Crippen molar-refractivity contribution in [2.45, 2.75) is 32.7 Å². The fourth-order valence-corrected chi connectivity index (χ4v) is 4.23. The number of H-pyrrole nitrogens is 1. The van der Waals surface area contributed by atoms with Crippen molar-refractivity contribution in [3.05, 3.63) is 117 Å². The van der Waals surface area contributed by atoms with Gasteiger partial charge in [0, 0.05) is 42.8 Å². The van der Waals surface area contributed by atoms with Crippen LogP contribution in [0.2, 0.25) is 0 Å². The summed E-state index contributed by atoms with van der Waals surface area (Å²) in [5.41, 5.74) is 1.90. The molecule has 0 radical (unpaired) electrons. The average molecular weight is 521 g/mol. The van der Waals surface area contributed by atoms with E-state index >= 15 is 0 Å². The normalized spacial score (nSPS) is 11.7. The van der Waals surface area contributed by atoms with E-state index < -0.39 is 23.3 Å². The molecule has 1 amide bonds. The van der Waals surface area contributed by atoms with Gasteiger partial charge in [-0.05, 0) is 41.3 Å². The van der Waals surface area contributed by atoms with Crippen LogP contribution in [0.5, 0.6) is 0 Å². The second-order valence-corrected chi connectivity index (χ2v) is 8.90. The first-order valence-electron chi connectivity index (χ1n) is 11.8. The topological polar surface area (TPSA) is 97.6 Å². The number of nitrogens with zero attached hydrogens (tertiary/aromatic N) is 4. The molecule has 0 fully saturated rings. The molecule has 0 spiro atoms. The summed E-state index contributed by atoms with van der Waals surface area (Å²) >= 11 is 0. The van der Waals surface area contributed by atoms with Crippen molar-refractivity contribution in [1.29, 1.82) is 0 Å². The van der Waals surface area contributed by atoms with Crippen molar-refractivity contribution in [1.82, 2.24) is 29.6 Å². The van der Waals surface area contributed by atoms with Crippen molar-refractivity contribution >= 4 is 16.9 Å². The molecule has 38 heavy (non-hydrogen) atoms. The molecular weight excluding hydrogens is 497 g/mol. The van der Waals surface area contributed by atoms with Crippen molar-refractivity contribution in [2.75, 3.05) is 0 Å². The zero-order valence-electron chi connectivity index (χ0n) is 20.3. The summed E-state index contributed by atoms with van der Waals surface area (Å²) in [6.07, 6.45) is 1.32. The van der Waals surface area contributed by atoms with Gasteiger partial charge in [-0.3, -0.25) is 14.3 Å². The fraction of sp³-hybridized carbons (Fsp3) is 0.185. The molecule has 5 rings (SSSR count). The lowest BCUT2D eigenvalue weighted by Crippen LogP contribution is -2.25. The second kappa shape index (κ2) is 10.0. The zero-order chi connectivity index (χ0) is 26.9. The Labute approximate surface area is 214 Å². The number of aromatic nitrogens is 5. The summed E-state index contributed by atoms with van der Waals surface area (Å²) in [7, 11) is 0. The Morgan fingerprint density at radius 2 is 1.79 bits per heavy atom. The van der Waals surface area contributed by atoms with E-state index in [1.165, 1.54) is 6.07 Å². The first kappa shape index (κ1) is 25.0. The zero-order valence-corrected chi connectivity index (χ0v) is 20.3. The molecule has 0 aliphatic heterocycles. The molecule has 8 nitrogen and oxygen atoms in total. The number of carbonyl (C=O) groups is 1. The minimum atomic E-state index is -4.80. The number of pyridine rings is 2. The van der Waals surface area contributed by atoms with Crippen LogP contribution in [0, 0.1) is 6.92 Å². The maximum absolute atomic E-state index is 13.7. The van der Waals surface area contributed by atoms with E-state index in [0.29, 0.717) is 23.3 Å². The Morgan fingerprint density at radius 1 is 1.05 bits per heavy atom. The Kier molecular flexibility index (Phi) is 6.58. The number of carbonyl (C=O) groups excluding carboxylic acids is 1. The smallest absolute Gasteiger partial charge is 0.348 e. The predicted molar refractivity (Wildman–Crippen MR) is 135 cm³/mol. The maximum atomic E-state index is 13.7. The lowest BCUT2D eigenvalue weighted by atomic mass is 10.1. The van der Waals surface area contributed by atoms with Gasteiger partial charge in [0.2, 0.25) is 0 Å². The predicted octanol–water partition coefficient (Wildman–Crippen LogP) is 4.27. The third-order valence-electron chi connectivity index (χ3n) is 6.29. The number of halogens is 3. The van der Waals surface area contributed by atoms with E-state index in [-0.39, 0.29) is 18.6 Å². The van der Waals surface area contributed by atoms with Gasteiger partial charge < -0.3 is 14.9 Å². The van der Waals surface area contributed by atoms with Gasteiger partial charge in [0.25, 0.3) is 11.5 Å². The number of fused-ring (bicyclic) bond motifs is 1. The lowest BCUT2D eigenvalue weighted by Gasteiger charge is -2.09. The van der Waals surface area contributed by atoms with Crippen LogP contribution in [-0.2, 0) is 25.8 Å². The van der Waals surface area contributed by atoms with E-state index in [2.05, 4.69) is 20.4 Å². The summed E-state index contributed by atoms with van der Waals surface area (Å²) in [6.45, 7) is 2.29. The Morgan fingerprint density at radius 3 is 2.50 bits per heavy atom. The highest BCUT2D eigenvalue weighted by atomic mass is 19.4. The fourth-order valence-electron chi connectivity index (χ4n) is 4.23. The van der Waals surface area contributed by atoms with Gasteiger partial charge in [0.1, 0.15) is 5.65 Å². The van der Waals surface area contributed by atoms with E-state index in [9.17, 15) is 22.8 Å². The largest absolute Gasteiger partial charge is 0.435 e. The third kappa shape index (κ3) is 5.22. The van der Waals surface area contributed by atoms with Gasteiger partial charge in [-0.25, -0.2) is 4.98 Å². The van der Waals surface area contributed by atoms with Crippen LogP contribution in [0.25, 0.3) is 11.0 Å². The number of aryl methyl sites for hydroxylation is 1. The van der Waals surface area contributed by atoms with Gasteiger partial charge >= 0.3 is 6.18 Å². The Balaban J connectivity index is 1.31. The minimum absolute atomic E-state index is 0.0211. The van der Waals surface area contributed by atoms with E-state index in [1.807, 2.05) is 13.0 Å². The highest BCUT2D eigenvalue weighted by Gasteiger charge is 2.39. The summed E-state index contributed by atoms with van der Waals surface area (Å²) in [6, 6.07) is 13.9. The molecule has 0 saturated carbocycles. The van der Waals surface area contributed by atoms with Crippen molar-refractivity contribution < 1.29 is 18.0 Å². The van der Waals surface area contributed by atoms with Gasteiger partial charge in [0.05, 0.1) is 18.7 Å². The van der Waals surface area contributed by atoms with Gasteiger partial charge in [-0.2, -0.15) is 18.3 Å². The van der Waals surface area contributed by atoms with Crippen LogP contribution in [-0.4, -0.2) is 30.2 Å². The molecule has 0 aliphatic rings.